The second kappa shape index (κ2) is 8.45. The molecule has 0 aliphatic carbocycles. The fourth-order valence-corrected chi connectivity index (χ4v) is 3.22. The van der Waals surface area contributed by atoms with Crippen molar-refractivity contribution >= 4 is 22.7 Å². The lowest BCUT2D eigenvalue weighted by atomic mass is 10.2. The molecule has 4 rings (SSSR count). The van der Waals surface area contributed by atoms with Crippen molar-refractivity contribution in [2.24, 2.45) is 5.10 Å². The van der Waals surface area contributed by atoms with Crippen molar-refractivity contribution < 1.29 is 9.13 Å². The van der Waals surface area contributed by atoms with Crippen LogP contribution in [-0.4, -0.2) is 11.2 Å². The van der Waals surface area contributed by atoms with E-state index in [2.05, 4.69) is 15.5 Å². The normalized spacial score (nSPS) is 10.9. The lowest BCUT2D eigenvalue weighted by Crippen LogP contribution is -1.95. The SMILES string of the molecule is Fc1ccccc1Oc1ccccc1C=NNc1nc(-c2ccccc2)cs1. The van der Waals surface area contributed by atoms with Crippen LogP contribution in [0, 0.1) is 5.82 Å². The number of nitrogens with one attached hydrogen (secondary N) is 1. The Bertz CT molecular complexity index is 1100. The standard InChI is InChI=1S/C22H16FN3OS/c23-18-11-5-7-13-21(18)27-20-12-6-4-10-17(20)14-24-26-22-25-19(15-28-22)16-8-2-1-3-9-16/h1-15H,(H,25,26). The van der Waals surface area contributed by atoms with Crippen molar-refractivity contribution in [2.75, 3.05) is 5.43 Å². The summed E-state index contributed by atoms with van der Waals surface area (Å²) in [6, 6.07) is 23.6. The molecule has 0 saturated carbocycles. The van der Waals surface area contributed by atoms with Crippen molar-refractivity contribution in [3.63, 3.8) is 0 Å². The van der Waals surface area contributed by atoms with Gasteiger partial charge in [-0.15, -0.1) is 11.3 Å². The van der Waals surface area contributed by atoms with Gasteiger partial charge in [0.15, 0.2) is 11.6 Å². The Morgan fingerprint density at radius 1 is 0.893 bits per heavy atom. The number of rotatable bonds is 6. The minimum atomic E-state index is -0.413. The zero-order valence-electron chi connectivity index (χ0n) is 14.7. The maximum absolute atomic E-state index is 13.8. The molecule has 1 aromatic heterocycles. The molecule has 1 heterocycles. The van der Waals surface area contributed by atoms with E-state index < -0.39 is 5.82 Å². The Balaban J connectivity index is 1.47. The molecular weight excluding hydrogens is 373 g/mol. The molecule has 0 saturated heterocycles. The molecule has 0 atom stereocenters. The van der Waals surface area contributed by atoms with E-state index in [0.717, 1.165) is 16.8 Å². The van der Waals surface area contributed by atoms with Gasteiger partial charge in [0.2, 0.25) is 5.13 Å². The molecule has 0 unspecified atom stereocenters. The summed E-state index contributed by atoms with van der Waals surface area (Å²) in [5.74, 6) is 0.273. The molecule has 0 aliphatic rings. The van der Waals surface area contributed by atoms with E-state index in [1.54, 1.807) is 30.5 Å². The van der Waals surface area contributed by atoms with E-state index >= 15 is 0 Å². The highest BCUT2D eigenvalue weighted by Crippen LogP contribution is 2.27. The van der Waals surface area contributed by atoms with Gasteiger partial charge in [0.1, 0.15) is 5.75 Å². The largest absolute Gasteiger partial charge is 0.454 e. The zero-order chi connectivity index (χ0) is 19.2. The average molecular weight is 389 g/mol. The summed E-state index contributed by atoms with van der Waals surface area (Å²) in [6.45, 7) is 0. The summed E-state index contributed by atoms with van der Waals surface area (Å²) in [5.41, 5.74) is 5.60. The van der Waals surface area contributed by atoms with Crippen LogP contribution in [0.1, 0.15) is 5.56 Å². The number of thiazole rings is 1. The molecule has 0 fully saturated rings. The minimum absolute atomic E-state index is 0.170. The highest BCUT2D eigenvalue weighted by Gasteiger charge is 2.07. The summed E-state index contributed by atoms with van der Waals surface area (Å²) in [5, 5.41) is 6.90. The van der Waals surface area contributed by atoms with Gasteiger partial charge in [0.25, 0.3) is 0 Å². The Morgan fingerprint density at radius 2 is 1.61 bits per heavy atom. The first-order valence-corrected chi connectivity index (χ1v) is 9.49. The molecule has 3 aromatic carbocycles. The molecule has 4 nitrogen and oxygen atoms in total. The number of para-hydroxylation sites is 2. The highest BCUT2D eigenvalue weighted by molar-refractivity contribution is 7.14. The number of nitrogens with zero attached hydrogens (tertiary/aromatic N) is 2. The molecule has 0 radical (unpaired) electrons. The summed E-state index contributed by atoms with van der Waals surface area (Å²) in [4.78, 5) is 4.53. The quantitative estimate of drug-likeness (QED) is 0.316. The highest BCUT2D eigenvalue weighted by atomic mass is 32.1. The first-order valence-electron chi connectivity index (χ1n) is 8.61. The number of hydrogen-bond acceptors (Lipinski definition) is 5. The van der Waals surface area contributed by atoms with Gasteiger partial charge in [-0.3, -0.25) is 5.43 Å². The van der Waals surface area contributed by atoms with E-state index in [4.69, 9.17) is 4.74 Å². The number of hydrogen-bond donors (Lipinski definition) is 1. The monoisotopic (exact) mass is 389 g/mol. The number of halogens is 1. The third kappa shape index (κ3) is 4.24. The smallest absolute Gasteiger partial charge is 0.203 e. The Morgan fingerprint density at radius 3 is 2.43 bits per heavy atom. The first-order chi connectivity index (χ1) is 13.8. The van der Waals surface area contributed by atoms with Crippen LogP contribution in [0.4, 0.5) is 9.52 Å². The van der Waals surface area contributed by atoms with E-state index in [0.29, 0.717) is 10.9 Å². The second-order valence-corrected chi connectivity index (χ2v) is 6.70. The van der Waals surface area contributed by atoms with Crippen LogP contribution >= 0.6 is 11.3 Å². The molecule has 0 aliphatic heterocycles. The van der Waals surface area contributed by atoms with Gasteiger partial charge in [-0.25, -0.2) is 9.37 Å². The van der Waals surface area contributed by atoms with Gasteiger partial charge >= 0.3 is 0 Å². The lowest BCUT2D eigenvalue weighted by Gasteiger charge is -2.08. The molecule has 1 N–H and O–H groups in total. The van der Waals surface area contributed by atoms with Crippen molar-refractivity contribution in [2.45, 2.75) is 0 Å². The summed E-state index contributed by atoms with van der Waals surface area (Å²) >= 11 is 1.47. The van der Waals surface area contributed by atoms with Crippen LogP contribution < -0.4 is 10.2 Å². The van der Waals surface area contributed by atoms with Gasteiger partial charge in [-0.1, -0.05) is 54.6 Å². The van der Waals surface area contributed by atoms with Gasteiger partial charge in [0, 0.05) is 16.5 Å². The first kappa shape index (κ1) is 17.9. The maximum atomic E-state index is 13.8. The van der Waals surface area contributed by atoms with E-state index in [1.165, 1.54) is 17.4 Å². The molecule has 6 heteroatoms. The number of anilines is 1. The van der Waals surface area contributed by atoms with Crippen molar-refractivity contribution in [3.05, 3.63) is 95.6 Å². The molecule has 0 bridgehead atoms. The predicted octanol–water partition coefficient (Wildman–Crippen LogP) is 6.19. The minimum Gasteiger partial charge on any atom is -0.454 e. The van der Waals surface area contributed by atoms with Gasteiger partial charge in [-0.2, -0.15) is 5.10 Å². The van der Waals surface area contributed by atoms with Crippen LogP contribution in [0.15, 0.2) is 89.3 Å². The van der Waals surface area contributed by atoms with Crippen LogP contribution in [0.5, 0.6) is 11.5 Å². The zero-order valence-corrected chi connectivity index (χ0v) is 15.6. The van der Waals surface area contributed by atoms with Crippen LogP contribution in [0.3, 0.4) is 0 Å². The van der Waals surface area contributed by atoms with Crippen molar-refractivity contribution in [1.29, 1.82) is 0 Å². The van der Waals surface area contributed by atoms with Gasteiger partial charge in [0.05, 0.1) is 11.9 Å². The summed E-state index contributed by atoms with van der Waals surface area (Å²) < 4.78 is 19.5. The number of aromatic nitrogens is 1. The fraction of sp³-hybridized carbons (Fsp3) is 0. The third-order valence-electron chi connectivity index (χ3n) is 3.91. The lowest BCUT2D eigenvalue weighted by molar-refractivity contribution is 0.442. The molecule has 0 amide bonds. The van der Waals surface area contributed by atoms with Gasteiger partial charge < -0.3 is 4.74 Å². The average Bonchev–Trinajstić information content (AvgIpc) is 3.21. The topological polar surface area (TPSA) is 46.5 Å². The van der Waals surface area contributed by atoms with E-state index in [9.17, 15) is 4.39 Å². The molecule has 28 heavy (non-hydrogen) atoms. The predicted molar refractivity (Wildman–Crippen MR) is 112 cm³/mol. The molecule has 0 spiro atoms. The third-order valence-corrected chi connectivity index (χ3v) is 4.66. The molecular formula is C22H16FN3OS. The molecule has 4 aromatic rings. The van der Waals surface area contributed by atoms with Crippen molar-refractivity contribution in [1.82, 2.24) is 4.98 Å². The Labute approximate surface area is 166 Å². The maximum Gasteiger partial charge on any atom is 0.203 e. The number of ether oxygens (including phenoxy) is 1. The van der Waals surface area contributed by atoms with Gasteiger partial charge in [-0.05, 0) is 24.3 Å². The van der Waals surface area contributed by atoms with Crippen LogP contribution in [0.2, 0.25) is 0 Å². The summed E-state index contributed by atoms with van der Waals surface area (Å²) in [6.07, 6.45) is 1.62. The van der Waals surface area contributed by atoms with E-state index in [-0.39, 0.29) is 5.75 Å². The Kier molecular flexibility index (Phi) is 5.40. The summed E-state index contributed by atoms with van der Waals surface area (Å²) in [7, 11) is 0. The number of hydrazone groups is 1. The number of benzene rings is 3. The van der Waals surface area contributed by atoms with Crippen molar-refractivity contribution in [3.8, 4) is 22.8 Å². The Hall–Kier alpha value is -3.51. The van der Waals surface area contributed by atoms with Crippen LogP contribution in [-0.2, 0) is 0 Å². The van der Waals surface area contributed by atoms with E-state index in [1.807, 2.05) is 53.9 Å². The fourth-order valence-electron chi connectivity index (χ4n) is 2.55. The molecule has 138 valence electrons. The van der Waals surface area contributed by atoms with Crippen LogP contribution in [0.25, 0.3) is 11.3 Å². The second-order valence-electron chi connectivity index (χ2n) is 5.84.